The molecule has 10 heteroatoms. The summed E-state index contributed by atoms with van der Waals surface area (Å²) in [5.74, 6) is -0.290. The second kappa shape index (κ2) is 9.26. The standard InChI is InChI=1S/C12H29N5O3S.Na.H/c1-14-11(9-17-4-5-21(18,19)20)6-10(13)7-12(8-11,15-2)16-3;;/h10,14-17H,4-9,13H2,1-3H3,(H,18,19,20);;. The summed E-state index contributed by atoms with van der Waals surface area (Å²) in [5, 5.41) is 13.0. The molecule has 8 nitrogen and oxygen atoms in total. The third kappa shape index (κ3) is 6.68. The Bertz CT molecular complexity index is 432. The molecule has 0 aromatic rings. The van der Waals surface area contributed by atoms with Crippen LogP contribution in [0.3, 0.4) is 0 Å². The Morgan fingerprint density at radius 3 is 2.23 bits per heavy atom. The van der Waals surface area contributed by atoms with Crippen molar-refractivity contribution in [3.8, 4) is 0 Å². The molecule has 1 saturated carbocycles. The van der Waals surface area contributed by atoms with Gasteiger partial charge in [-0.15, -0.1) is 0 Å². The molecule has 0 spiro atoms. The van der Waals surface area contributed by atoms with Gasteiger partial charge in [-0.05, 0) is 40.4 Å². The van der Waals surface area contributed by atoms with Gasteiger partial charge in [0.2, 0.25) is 0 Å². The van der Waals surface area contributed by atoms with Crippen molar-refractivity contribution in [2.24, 2.45) is 5.73 Å². The van der Waals surface area contributed by atoms with E-state index in [9.17, 15) is 8.42 Å². The van der Waals surface area contributed by atoms with Crippen molar-refractivity contribution in [2.75, 3.05) is 40.0 Å². The summed E-state index contributed by atoms with van der Waals surface area (Å²) in [6, 6.07) is 0.0366. The molecule has 7 N–H and O–H groups in total. The first-order chi connectivity index (χ1) is 9.70. The summed E-state index contributed by atoms with van der Waals surface area (Å²) in [6.07, 6.45) is 2.44. The second-order valence-corrected chi connectivity index (χ2v) is 7.49. The summed E-state index contributed by atoms with van der Waals surface area (Å²) >= 11 is 0. The summed E-state index contributed by atoms with van der Waals surface area (Å²) in [7, 11) is 1.77. The fraction of sp³-hybridized carbons (Fsp3) is 1.00. The van der Waals surface area contributed by atoms with Gasteiger partial charge in [-0.1, -0.05) is 0 Å². The zero-order valence-corrected chi connectivity index (χ0v) is 13.9. The van der Waals surface area contributed by atoms with Crippen molar-refractivity contribution in [2.45, 2.75) is 36.5 Å². The first-order valence-electron chi connectivity index (χ1n) is 7.18. The van der Waals surface area contributed by atoms with Gasteiger partial charge in [0.1, 0.15) is 0 Å². The van der Waals surface area contributed by atoms with Gasteiger partial charge in [-0.2, -0.15) is 8.42 Å². The molecule has 0 amide bonds. The number of rotatable bonds is 8. The molecule has 0 saturated heterocycles. The van der Waals surface area contributed by atoms with E-state index in [0.717, 1.165) is 19.3 Å². The molecule has 2 atom stereocenters. The first-order valence-corrected chi connectivity index (χ1v) is 8.79. The molecular weight excluding hydrogens is 317 g/mol. The SMILES string of the molecule is CNC1(CNCCS(=O)(=O)O)CC(N)CC(NC)(NC)C1.[NaH]. The molecule has 0 radical (unpaired) electrons. The van der Waals surface area contributed by atoms with Crippen LogP contribution in [0.4, 0.5) is 0 Å². The molecule has 0 aromatic carbocycles. The van der Waals surface area contributed by atoms with E-state index in [1.807, 2.05) is 21.1 Å². The molecule has 2 unspecified atom stereocenters. The van der Waals surface area contributed by atoms with Gasteiger partial charge in [0.25, 0.3) is 10.1 Å². The summed E-state index contributed by atoms with van der Waals surface area (Å²) < 4.78 is 30.2. The van der Waals surface area contributed by atoms with Crippen molar-refractivity contribution in [1.82, 2.24) is 21.3 Å². The molecule has 1 fully saturated rings. The van der Waals surface area contributed by atoms with Gasteiger partial charge >= 0.3 is 29.6 Å². The summed E-state index contributed by atoms with van der Waals surface area (Å²) in [5.41, 5.74) is 5.72. The number of nitrogens with two attached hydrogens (primary N) is 1. The van der Waals surface area contributed by atoms with E-state index >= 15 is 0 Å². The van der Waals surface area contributed by atoms with E-state index in [1.165, 1.54) is 0 Å². The van der Waals surface area contributed by atoms with E-state index < -0.39 is 10.1 Å². The van der Waals surface area contributed by atoms with Crippen LogP contribution in [0, 0.1) is 0 Å². The van der Waals surface area contributed by atoms with Gasteiger partial charge in [-0.3, -0.25) is 4.55 Å². The molecule has 1 aliphatic carbocycles. The van der Waals surface area contributed by atoms with Crippen LogP contribution in [0.15, 0.2) is 0 Å². The Hall–Kier alpha value is 0.710. The zero-order chi connectivity index (χ0) is 16.1. The number of hydrogen-bond acceptors (Lipinski definition) is 7. The molecule has 0 aliphatic heterocycles. The number of nitrogens with one attached hydrogen (secondary N) is 4. The zero-order valence-electron chi connectivity index (χ0n) is 13.1. The van der Waals surface area contributed by atoms with Crippen LogP contribution in [0.5, 0.6) is 0 Å². The minimum atomic E-state index is -3.93. The Balaban J connectivity index is 0.00000441. The fourth-order valence-electron chi connectivity index (χ4n) is 3.19. The van der Waals surface area contributed by atoms with Gasteiger partial charge in [0.05, 0.1) is 11.4 Å². The van der Waals surface area contributed by atoms with Crippen molar-refractivity contribution >= 4 is 39.7 Å². The van der Waals surface area contributed by atoms with Gasteiger partial charge in [-0.25, -0.2) is 0 Å². The van der Waals surface area contributed by atoms with E-state index in [0.29, 0.717) is 6.54 Å². The molecule has 0 aromatic heterocycles. The molecule has 1 aliphatic rings. The van der Waals surface area contributed by atoms with Gasteiger partial charge in [0.15, 0.2) is 0 Å². The van der Waals surface area contributed by atoms with Crippen molar-refractivity contribution in [3.05, 3.63) is 0 Å². The fourth-order valence-corrected chi connectivity index (χ4v) is 3.59. The van der Waals surface area contributed by atoms with Crippen LogP contribution in [-0.4, -0.2) is 99.8 Å². The van der Waals surface area contributed by atoms with E-state index in [1.54, 1.807) is 0 Å². The Kier molecular flexibility index (Phi) is 9.56. The van der Waals surface area contributed by atoms with Crippen LogP contribution in [0.1, 0.15) is 19.3 Å². The quantitative estimate of drug-likeness (QED) is 0.122. The first kappa shape index (κ1) is 22.7. The van der Waals surface area contributed by atoms with E-state index in [4.69, 9.17) is 10.3 Å². The third-order valence-electron chi connectivity index (χ3n) is 4.39. The molecule has 22 heavy (non-hydrogen) atoms. The molecule has 128 valence electrons. The predicted molar refractivity (Wildman–Crippen MR) is 90.9 cm³/mol. The van der Waals surface area contributed by atoms with Gasteiger partial charge in [0, 0.05) is 24.7 Å². The van der Waals surface area contributed by atoms with Crippen LogP contribution in [0.25, 0.3) is 0 Å². The molecule has 1 rings (SSSR count). The second-order valence-electron chi connectivity index (χ2n) is 5.92. The third-order valence-corrected chi connectivity index (χ3v) is 5.11. The van der Waals surface area contributed by atoms with Crippen LogP contribution in [0.2, 0.25) is 0 Å². The Morgan fingerprint density at radius 2 is 1.77 bits per heavy atom. The average Bonchev–Trinajstić information content (AvgIpc) is 2.42. The number of hydrogen-bond donors (Lipinski definition) is 6. The Morgan fingerprint density at radius 1 is 1.18 bits per heavy atom. The average molecular weight is 347 g/mol. The van der Waals surface area contributed by atoms with Gasteiger partial charge < -0.3 is 27.0 Å². The monoisotopic (exact) mass is 347 g/mol. The van der Waals surface area contributed by atoms with Crippen molar-refractivity contribution < 1.29 is 13.0 Å². The van der Waals surface area contributed by atoms with E-state index in [2.05, 4.69) is 21.3 Å². The topological polar surface area (TPSA) is 129 Å². The van der Waals surface area contributed by atoms with Crippen molar-refractivity contribution in [1.29, 1.82) is 0 Å². The van der Waals surface area contributed by atoms with Crippen molar-refractivity contribution in [3.63, 3.8) is 0 Å². The van der Waals surface area contributed by atoms with E-state index in [-0.39, 0.29) is 59.1 Å². The normalized spacial score (nSPS) is 28.1. The van der Waals surface area contributed by atoms with Crippen LogP contribution < -0.4 is 27.0 Å². The minimum absolute atomic E-state index is 0. The molecular formula is C12H30N5NaO3S. The molecule has 0 heterocycles. The summed E-state index contributed by atoms with van der Waals surface area (Å²) in [4.78, 5) is 0. The van der Waals surface area contributed by atoms with Crippen LogP contribution >= 0.6 is 0 Å². The Labute approximate surface area is 155 Å². The summed E-state index contributed by atoms with van der Waals surface area (Å²) in [6.45, 7) is 0.793. The predicted octanol–water partition coefficient (Wildman–Crippen LogP) is -2.58. The molecule has 0 bridgehead atoms. The maximum atomic E-state index is 10.7. The van der Waals surface area contributed by atoms with Crippen LogP contribution in [-0.2, 0) is 10.1 Å². The number of likely N-dealkylation sites (N-methyl/N-ethyl adjacent to an activating group) is 1. The maximum absolute atomic E-state index is 10.7.